The third kappa shape index (κ3) is 2.93. The summed E-state index contributed by atoms with van der Waals surface area (Å²) in [4.78, 5) is 10.9. The Labute approximate surface area is 161 Å². The second-order valence-electron chi connectivity index (χ2n) is 6.30. The monoisotopic (exact) mass is 410 g/mol. The van der Waals surface area contributed by atoms with Crippen molar-refractivity contribution in [2.45, 2.75) is 30.6 Å². The third-order valence-corrected chi connectivity index (χ3v) is 4.95. The van der Waals surface area contributed by atoms with E-state index < -0.39 is 36.5 Å². The normalized spacial score (nSPS) is 26.8. The lowest BCUT2D eigenvalue weighted by Gasteiger charge is -2.21. The summed E-state index contributed by atoms with van der Waals surface area (Å²) in [6.45, 7) is 0. The number of hydrogen-bond donors (Lipinski definition) is 5. The molecule has 12 heteroatoms. The van der Waals surface area contributed by atoms with E-state index in [-0.39, 0.29) is 16.1 Å². The molecule has 4 rings (SSSR count). The summed E-state index contributed by atoms with van der Waals surface area (Å²) >= 11 is 5.75. The zero-order chi connectivity index (χ0) is 20.0. The molecule has 5 atom stereocenters. The second-order valence-corrected chi connectivity index (χ2v) is 6.70. The Kier molecular flexibility index (Phi) is 4.77. The highest BCUT2D eigenvalue weighted by Gasteiger charge is 2.47. The molecule has 1 saturated heterocycles. The highest BCUT2D eigenvalue weighted by molar-refractivity contribution is 6.30. The largest absolute Gasteiger partial charge is 0.387 e. The standard InChI is InChI=1S/C16H16ClFN6O4/c17-7-3-6(1-2-8(7)18)10(25)13-11(26)12(27)16(28-13)24-5-22-9-14(23-19)20-4-21-15(9)24/h1-5,10-13,16,25-27H,19H2,(H,20,21,23)/t10-,11+,12-,13-,16-/m1/s1. The molecule has 0 radical (unpaired) electrons. The number of aliphatic hydroxyl groups excluding tert-OH is 3. The van der Waals surface area contributed by atoms with Gasteiger partial charge in [0.05, 0.1) is 17.7 Å². The maximum atomic E-state index is 13.4. The fourth-order valence-electron chi connectivity index (χ4n) is 3.23. The van der Waals surface area contributed by atoms with Crippen LogP contribution in [0.1, 0.15) is 17.9 Å². The van der Waals surface area contributed by atoms with Gasteiger partial charge in [0.2, 0.25) is 5.49 Å². The van der Waals surface area contributed by atoms with Gasteiger partial charge in [-0.2, -0.15) is 5.10 Å². The van der Waals surface area contributed by atoms with E-state index in [0.717, 1.165) is 6.07 Å². The Hall–Kier alpha value is -2.57. The summed E-state index contributed by atoms with van der Waals surface area (Å²) in [6, 6.07) is 3.65. The predicted octanol–water partition coefficient (Wildman–Crippen LogP) is -0.321. The molecule has 0 unspecified atom stereocenters. The number of hydrogen-bond acceptors (Lipinski definition) is 8. The minimum absolute atomic E-state index is 0.179. The Balaban J connectivity index is 1.67. The lowest BCUT2D eigenvalue weighted by molar-refractivity contribution is -0.0849. The van der Waals surface area contributed by atoms with Gasteiger partial charge in [-0.3, -0.25) is 4.57 Å². The number of nitrogens with one attached hydrogen (secondary N) is 1. The number of halogens is 2. The van der Waals surface area contributed by atoms with Gasteiger partial charge in [-0.1, -0.05) is 17.7 Å². The number of H-pyrrole nitrogens is 1. The Morgan fingerprint density at radius 2 is 2.11 bits per heavy atom. The molecule has 10 nitrogen and oxygen atoms in total. The fourth-order valence-corrected chi connectivity index (χ4v) is 3.42. The number of nitrogens with zero attached hydrogens (tertiary/aromatic N) is 4. The van der Waals surface area contributed by atoms with Crippen LogP contribution in [-0.2, 0) is 4.74 Å². The molecule has 148 valence electrons. The van der Waals surface area contributed by atoms with Crippen LogP contribution in [0.25, 0.3) is 11.2 Å². The number of ether oxygens (including phenoxy) is 1. The molecule has 1 aromatic carbocycles. The maximum Gasteiger partial charge on any atom is 0.202 e. The van der Waals surface area contributed by atoms with Gasteiger partial charge in [-0.15, -0.1) is 0 Å². The lowest BCUT2D eigenvalue weighted by Crippen LogP contribution is -2.34. The van der Waals surface area contributed by atoms with Crippen molar-refractivity contribution in [1.82, 2.24) is 19.5 Å². The van der Waals surface area contributed by atoms with E-state index in [2.05, 4.69) is 20.1 Å². The van der Waals surface area contributed by atoms with Crippen molar-refractivity contribution in [3.05, 3.63) is 52.7 Å². The quantitative estimate of drug-likeness (QED) is 0.292. The summed E-state index contributed by atoms with van der Waals surface area (Å²) in [5, 5.41) is 34.8. The van der Waals surface area contributed by atoms with Crippen LogP contribution in [0, 0.1) is 5.82 Å². The van der Waals surface area contributed by atoms with Gasteiger partial charge in [-0.25, -0.2) is 14.4 Å². The van der Waals surface area contributed by atoms with Crippen LogP contribution in [0.3, 0.4) is 0 Å². The van der Waals surface area contributed by atoms with Gasteiger partial charge in [-0.05, 0) is 17.7 Å². The van der Waals surface area contributed by atoms with Crippen LogP contribution >= 0.6 is 11.6 Å². The zero-order valence-corrected chi connectivity index (χ0v) is 14.9. The molecule has 28 heavy (non-hydrogen) atoms. The van der Waals surface area contributed by atoms with Crippen molar-refractivity contribution < 1.29 is 24.4 Å². The Morgan fingerprint density at radius 1 is 1.32 bits per heavy atom. The average molecular weight is 411 g/mol. The number of aromatic nitrogens is 4. The summed E-state index contributed by atoms with van der Waals surface area (Å²) in [6.07, 6.45) is -3.73. The zero-order valence-electron chi connectivity index (χ0n) is 14.1. The van der Waals surface area contributed by atoms with Crippen LogP contribution in [0.15, 0.2) is 36.0 Å². The molecule has 1 aliphatic rings. The van der Waals surface area contributed by atoms with Gasteiger partial charge < -0.3 is 30.9 Å². The Bertz CT molecular complexity index is 1090. The molecular weight excluding hydrogens is 395 g/mol. The van der Waals surface area contributed by atoms with Gasteiger partial charge in [0.25, 0.3) is 0 Å². The smallest absolute Gasteiger partial charge is 0.202 e. The number of benzene rings is 1. The van der Waals surface area contributed by atoms with E-state index in [4.69, 9.17) is 22.2 Å². The van der Waals surface area contributed by atoms with Gasteiger partial charge >= 0.3 is 0 Å². The van der Waals surface area contributed by atoms with Crippen molar-refractivity contribution in [3.8, 4) is 0 Å². The molecule has 2 aromatic heterocycles. The minimum atomic E-state index is -1.43. The molecular formula is C16H16ClFN6O4. The van der Waals surface area contributed by atoms with Gasteiger partial charge in [0.15, 0.2) is 11.7 Å². The lowest BCUT2D eigenvalue weighted by atomic mass is 9.99. The van der Waals surface area contributed by atoms with Crippen molar-refractivity contribution in [1.29, 1.82) is 0 Å². The van der Waals surface area contributed by atoms with Crippen molar-refractivity contribution >= 4 is 22.8 Å². The maximum absolute atomic E-state index is 13.4. The first kappa shape index (κ1) is 18.8. The van der Waals surface area contributed by atoms with Crippen LogP contribution in [0.2, 0.25) is 5.02 Å². The third-order valence-electron chi connectivity index (χ3n) is 4.66. The molecule has 6 N–H and O–H groups in total. The minimum Gasteiger partial charge on any atom is -0.387 e. The van der Waals surface area contributed by atoms with E-state index in [1.54, 1.807) is 0 Å². The molecule has 0 bridgehead atoms. The van der Waals surface area contributed by atoms with E-state index in [0.29, 0.717) is 11.2 Å². The first-order valence-corrected chi connectivity index (χ1v) is 8.59. The molecule has 0 saturated carbocycles. The number of fused-ring (bicyclic) bond motifs is 1. The van der Waals surface area contributed by atoms with E-state index in [1.807, 2.05) is 0 Å². The number of aliphatic hydroxyl groups is 3. The second kappa shape index (κ2) is 7.11. The molecule has 1 fully saturated rings. The van der Waals surface area contributed by atoms with Crippen LogP contribution in [0.5, 0.6) is 0 Å². The first-order chi connectivity index (χ1) is 13.4. The molecule has 0 spiro atoms. The molecule has 0 aliphatic carbocycles. The van der Waals surface area contributed by atoms with Crippen molar-refractivity contribution in [3.63, 3.8) is 0 Å². The summed E-state index contributed by atoms with van der Waals surface area (Å²) in [5.74, 6) is 4.64. The van der Waals surface area contributed by atoms with E-state index >= 15 is 0 Å². The van der Waals surface area contributed by atoms with Crippen molar-refractivity contribution in [2.75, 3.05) is 0 Å². The number of rotatable bonds is 3. The first-order valence-electron chi connectivity index (χ1n) is 8.21. The summed E-state index contributed by atoms with van der Waals surface area (Å²) < 4.78 is 20.5. The van der Waals surface area contributed by atoms with Crippen molar-refractivity contribution in [2.24, 2.45) is 10.9 Å². The number of imidazole rings is 1. The summed E-state index contributed by atoms with van der Waals surface area (Å²) in [5.41, 5.74) is 1.15. The fraction of sp³-hybridized carbons (Fsp3) is 0.312. The van der Waals surface area contributed by atoms with E-state index in [9.17, 15) is 19.7 Å². The molecule has 0 amide bonds. The number of nitrogens with two attached hydrogens (primary N) is 1. The summed E-state index contributed by atoms with van der Waals surface area (Å²) in [7, 11) is 0. The SMILES string of the molecule is N/N=c1/nc[nH]c2c1ncn2[C@@H]1O[C@H]([C@H](O)c2ccc(F)c(Cl)c2)[C@@H](O)[C@H]1O. The highest BCUT2D eigenvalue weighted by Crippen LogP contribution is 2.37. The van der Waals surface area contributed by atoms with Gasteiger partial charge in [0.1, 0.15) is 35.9 Å². The van der Waals surface area contributed by atoms with Crippen LogP contribution in [-0.4, -0.2) is 53.2 Å². The van der Waals surface area contributed by atoms with Crippen LogP contribution in [0.4, 0.5) is 4.39 Å². The topological polar surface area (TPSA) is 155 Å². The van der Waals surface area contributed by atoms with E-state index in [1.165, 1.54) is 29.4 Å². The Morgan fingerprint density at radius 3 is 2.82 bits per heavy atom. The highest BCUT2D eigenvalue weighted by atomic mass is 35.5. The molecule has 3 aromatic rings. The molecule has 3 heterocycles. The average Bonchev–Trinajstić information content (AvgIpc) is 3.25. The van der Waals surface area contributed by atoms with Gasteiger partial charge in [0, 0.05) is 0 Å². The predicted molar refractivity (Wildman–Crippen MR) is 93.9 cm³/mol. The van der Waals surface area contributed by atoms with Crippen LogP contribution < -0.4 is 11.3 Å². The number of aromatic amines is 1. The molecule has 1 aliphatic heterocycles.